The smallest absolute Gasteiger partial charge is 0.339 e. The summed E-state index contributed by atoms with van der Waals surface area (Å²) in [6.07, 6.45) is 1.20. The van der Waals surface area contributed by atoms with E-state index in [4.69, 9.17) is 0 Å². The number of rotatable bonds is 6. The van der Waals surface area contributed by atoms with Crippen LogP contribution in [0.2, 0.25) is 0 Å². The number of hydrazone groups is 1. The van der Waals surface area contributed by atoms with Crippen molar-refractivity contribution in [2.75, 3.05) is 12.4 Å². The maximum Gasteiger partial charge on any atom is 0.339 e. The van der Waals surface area contributed by atoms with Crippen LogP contribution in [0.1, 0.15) is 22.3 Å². The molecule has 1 atom stereocenters. The molecule has 0 unspecified atom stereocenters. The molecule has 0 bridgehead atoms. The molecule has 0 fully saturated rings. The van der Waals surface area contributed by atoms with Crippen LogP contribution in [0, 0.1) is 5.82 Å². The Hall–Kier alpha value is -4.08. The van der Waals surface area contributed by atoms with E-state index in [9.17, 15) is 18.8 Å². The van der Waals surface area contributed by atoms with Gasteiger partial charge in [-0.05, 0) is 29.8 Å². The molecule has 0 aliphatic carbocycles. The van der Waals surface area contributed by atoms with Gasteiger partial charge in [-0.3, -0.25) is 14.9 Å². The zero-order valence-electron chi connectivity index (χ0n) is 15.9. The summed E-state index contributed by atoms with van der Waals surface area (Å²) >= 11 is 0. The van der Waals surface area contributed by atoms with E-state index >= 15 is 0 Å². The molecule has 2 amide bonds. The average Bonchev–Trinajstić information content (AvgIpc) is 3.08. The Labute approximate surface area is 171 Å². The van der Waals surface area contributed by atoms with Gasteiger partial charge < -0.3 is 10.1 Å². The topological polar surface area (TPSA) is 121 Å². The van der Waals surface area contributed by atoms with Gasteiger partial charge in [-0.15, -0.1) is 0 Å². The van der Waals surface area contributed by atoms with Crippen molar-refractivity contribution in [3.63, 3.8) is 0 Å². The van der Waals surface area contributed by atoms with Crippen molar-refractivity contribution in [3.05, 3.63) is 65.5 Å². The molecule has 154 valence electrons. The zero-order chi connectivity index (χ0) is 21.5. The van der Waals surface area contributed by atoms with Crippen molar-refractivity contribution in [3.8, 4) is 0 Å². The number of nitrogens with zero attached hydrogens (tertiary/aromatic N) is 2. The molecule has 0 saturated carbocycles. The molecule has 30 heavy (non-hydrogen) atoms. The fraction of sp³-hybridized carbons (Fsp3) is 0.150. The van der Waals surface area contributed by atoms with Crippen molar-refractivity contribution in [2.24, 2.45) is 10.1 Å². The minimum Gasteiger partial charge on any atom is -0.465 e. The first kappa shape index (κ1) is 20.6. The van der Waals surface area contributed by atoms with E-state index in [1.165, 1.54) is 43.7 Å². The summed E-state index contributed by atoms with van der Waals surface area (Å²) in [5.41, 5.74) is 3.68. The van der Waals surface area contributed by atoms with Gasteiger partial charge in [-0.1, -0.05) is 24.3 Å². The van der Waals surface area contributed by atoms with Gasteiger partial charge in [0.25, 0.3) is 5.91 Å². The number of nitrogens with one attached hydrogen (secondary N) is 3. The van der Waals surface area contributed by atoms with Gasteiger partial charge in [0.05, 0.1) is 31.0 Å². The lowest BCUT2D eigenvalue weighted by molar-refractivity contribution is -0.123. The lowest BCUT2D eigenvalue weighted by atomic mass is 10.1. The summed E-state index contributed by atoms with van der Waals surface area (Å²) in [5, 5.41) is 8.98. The van der Waals surface area contributed by atoms with Crippen LogP contribution in [-0.4, -0.2) is 43.1 Å². The Morgan fingerprint density at radius 1 is 1.23 bits per heavy atom. The van der Waals surface area contributed by atoms with Gasteiger partial charge in [0.2, 0.25) is 11.9 Å². The van der Waals surface area contributed by atoms with Crippen LogP contribution in [0.5, 0.6) is 0 Å². The number of ether oxygens (including phenoxy) is 1. The highest BCUT2D eigenvalue weighted by molar-refractivity contribution is 6.08. The molecule has 2 aromatic rings. The van der Waals surface area contributed by atoms with Crippen molar-refractivity contribution in [1.29, 1.82) is 0 Å². The summed E-state index contributed by atoms with van der Waals surface area (Å²) in [7, 11) is 1.24. The number of amides is 2. The van der Waals surface area contributed by atoms with E-state index in [1.807, 2.05) is 0 Å². The van der Waals surface area contributed by atoms with Crippen molar-refractivity contribution >= 4 is 35.6 Å². The number of aliphatic imine (C=N–C) groups is 1. The molecule has 10 heteroatoms. The number of carbonyl (C=O) groups excluding carboxylic acids is 3. The number of anilines is 1. The molecule has 3 N–H and O–H groups in total. The van der Waals surface area contributed by atoms with Gasteiger partial charge in [0.15, 0.2) is 0 Å². The highest BCUT2D eigenvalue weighted by Crippen LogP contribution is 2.17. The molecule has 1 aliphatic rings. The Bertz CT molecular complexity index is 1020. The van der Waals surface area contributed by atoms with Crippen LogP contribution < -0.4 is 16.1 Å². The van der Waals surface area contributed by atoms with Crippen LogP contribution in [0.4, 0.5) is 10.1 Å². The number of methoxy groups -OCH3 is 1. The van der Waals surface area contributed by atoms with Crippen LogP contribution in [-0.2, 0) is 14.3 Å². The van der Waals surface area contributed by atoms with E-state index in [0.717, 1.165) is 0 Å². The fourth-order valence-corrected chi connectivity index (χ4v) is 2.62. The second-order valence-corrected chi connectivity index (χ2v) is 6.19. The highest BCUT2D eigenvalue weighted by Gasteiger charge is 2.29. The molecule has 9 nitrogen and oxygen atoms in total. The maximum atomic E-state index is 12.9. The zero-order valence-corrected chi connectivity index (χ0v) is 15.9. The van der Waals surface area contributed by atoms with Gasteiger partial charge in [0, 0.05) is 0 Å². The third kappa shape index (κ3) is 5.25. The number of benzene rings is 2. The lowest BCUT2D eigenvalue weighted by Crippen LogP contribution is -2.35. The number of esters is 1. The average molecular weight is 411 g/mol. The summed E-state index contributed by atoms with van der Waals surface area (Å²) in [6, 6.07) is 11.1. The van der Waals surface area contributed by atoms with Crippen LogP contribution in [0.15, 0.2) is 58.6 Å². The Morgan fingerprint density at radius 3 is 2.70 bits per heavy atom. The van der Waals surface area contributed by atoms with E-state index in [0.29, 0.717) is 5.56 Å². The Morgan fingerprint density at radius 2 is 1.97 bits per heavy atom. The third-order valence-electron chi connectivity index (χ3n) is 4.07. The molecule has 0 aromatic heterocycles. The Kier molecular flexibility index (Phi) is 6.48. The molecular weight excluding hydrogens is 393 g/mol. The molecular formula is C20H18FN5O4. The molecule has 3 rings (SSSR count). The third-order valence-corrected chi connectivity index (χ3v) is 4.07. The number of halogens is 1. The standard InChI is InChI=1S/C20H18FN5O4/c1-30-19(29)14-4-2-3-5-15(14)23-17(27)10-16-18(28)25-20(24-16)26-22-11-12-6-8-13(21)9-7-12/h2-9,11,16H,10H2,1H3,(H,23,27)(H2,24,25,26,28)/b22-11-/t16-/m1/s1. The van der Waals surface area contributed by atoms with E-state index < -0.39 is 23.8 Å². The quantitative estimate of drug-likeness (QED) is 0.377. The summed E-state index contributed by atoms with van der Waals surface area (Å²) in [5.74, 6) is -1.82. The van der Waals surface area contributed by atoms with E-state index in [2.05, 4.69) is 30.9 Å². The van der Waals surface area contributed by atoms with Crippen LogP contribution in [0.25, 0.3) is 0 Å². The van der Waals surface area contributed by atoms with Crippen molar-refractivity contribution in [1.82, 2.24) is 10.7 Å². The maximum absolute atomic E-state index is 12.9. The summed E-state index contributed by atoms with van der Waals surface area (Å²) in [4.78, 5) is 40.2. The summed E-state index contributed by atoms with van der Waals surface area (Å²) < 4.78 is 17.6. The number of hydrogen-bond acceptors (Lipinski definition) is 7. The Balaban J connectivity index is 1.58. The van der Waals surface area contributed by atoms with Crippen molar-refractivity contribution in [2.45, 2.75) is 12.5 Å². The van der Waals surface area contributed by atoms with Crippen LogP contribution >= 0.6 is 0 Å². The van der Waals surface area contributed by atoms with E-state index in [1.54, 1.807) is 18.2 Å². The van der Waals surface area contributed by atoms with Gasteiger partial charge in [0.1, 0.15) is 11.9 Å². The lowest BCUT2D eigenvalue weighted by Gasteiger charge is -2.10. The van der Waals surface area contributed by atoms with Gasteiger partial charge in [-0.2, -0.15) is 5.10 Å². The molecule has 0 spiro atoms. The van der Waals surface area contributed by atoms with Crippen molar-refractivity contribution < 1.29 is 23.5 Å². The largest absolute Gasteiger partial charge is 0.465 e. The molecule has 1 aliphatic heterocycles. The molecule has 2 aromatic carbocycles. The van der Waals surface area contributed by atoms with Gasteiger partial charge in [-0.25, -0.2) is 19.6 Å². The second kappa shape index (κ2) is 9.41. The number of hydrogen-bond donors (Lipinski definition) is 3. The SMILES string of the molecule is COC(=O)c1ccccc1NC(=O)C[C@H]1N=C(N/N=C\c2ccc(F)cc2)NC1=O. The van der Waals surface area contributed by atoms with E-state index in [-0.39, 0.29) is 29.4 Å². The number of carbonyl (C=O) groups is 3. The molecule has 0 saturated heterocycles. The number of guanidine groups is 1. The normalized spacial score (nSPS) is 15.5. The monoisotopic (exact) mass is 411 g/mol. The van der Waals surface area contributed by atoms with Crippen LogP contribution in [0.3, 0.4) is 0 Å². The highest BCUT2D eigenvalue weighted by atomic mass is 19.1. The fourth-order valence-electron chi connectivity index (χ4n) is 2.62. The summed E-state index contributed by atoms with van der Waals surface area (Å²) in [6.45, 7) is 0. The predicted octanol–water partition coefficient (Wildman–Crippen LogP) is 1.42. The first-order valence-corrected chi connectivity index (χ1v) is 8.87. The second-order valence-electron chi connectivity index (χ2n) is 6.19. The minimum atomic E-state index is -0.946. The van der Waals surface area contributed by atoms with Gasteiger partial charge >= 0.3 is 5.97 Å². The first-order chi connectivity index (χ1) is 14.5. The molecule has 1 heterocycles. The first-order valence-electron chi connectivity index (χ1n) is 8.87. The minimum absolute atomic E-state index is 0.0890. The predicted molar refractivity (Wildman–Crippen MR) is 108 cm³/mol. The molecule has 0 radical (unpaired) electrons. The number of para-hydroxylation sites is 1.